The van der Waals surface area contributed by atoms with Crippen molar-refractivity contribution in [2.75, 3.05) is 10.5 Å². The summed E-state index contributed by atoms with van der Waals surface area (Å²) in [5, 5.41) is 3.83. The molecule has 0 aliphatic carbocycles. The molecular weight excluding hydrogens is 259 g/mol. The van der Waals surface area contributed by atoms with Crippen LogP contribution in [-0.4, -0.2) is 18.2 Å². The Morgan fingerprint density at radius 2 is 2.17 bits per heavy atom. The average molecular weight is 270 g/mol. The lowest BCUT2D eigenvalue weighted by Gasteiger charge is -2.06. The first-order chi connectivity index (χ1) is 8.38. The third-order valence-electron chi connectivity index (χ3n) is 2.23. The van der Waals surface area contributed by atoms with Crippen LogP contribution in [0.2, 0.25) is 0 Å². The highest BCUT2D eigenvalue weighted by Crippen LogP contribution is 2.19. The number of benzene rings is 1. The van der Waals surface area contributed by atoms with Gasteiger partial charge in [-0.05, 0) is 18.2 Å². The molecule has 0 aliphatic rings. The van der Waals surface area contributed by atoms with Crippen LogP contribution in [0.5, 0.6) is 0 Å². The molecule has 0 saturated carbocycles. The fourth-order valence-electron chi connectivity index (χ4n) is 1.38. The minimum atomic E-state index is -3.79. The van der Waals surface area contributed by atoms with Crippen molar-refractivity contribution in [2.24, 2.45) is 7.05 Å². The second kappa shape index (κ2) is 4.30. The third-order valence-corrected chi connectivity index (χ3v) is 3.61. The third kappa shape index (κ3) is 2.43. The van der Waals surface area contributed by atoms with E-state index >= 15 is 0 Å². The van der Waals surface area contributed by atoms with Crippen LogP contribution in [0.3, 0.4) is 0 Å². The normalized spacial score (nSPS) is 11.4. The predicted octanol–water partition coefficient (Wildman–Crippen LogP) is 0.942. The SMILES string of the molecule is Cn1cc(NS(=O)(=O)c2ccc(F)c(N)c2)cn1. The van der Waals surface area contributed by atoms with Gasteiger partial charge in [-0.2, -0.15) is 5.10 Å². The molecule has 18 heavy (non-hydrogen) atoms. The summed E-state index contributed by atoms with van der Waals surface area (Å²) in [6.45, 7) is 0. The van der Waals surface area contributed by atoms with Crippen molar-refractivity contribution in [1.82, 2.24) is 9.78 Å². The standard InChI is InChI=1S/C10H11FN4O2S/c1-15-6-7(5-13-15)14-18(16,17)8-2-3-9(11)10(12)4-8/h2-6,14H,12H2,1H3. The number of hydrogen-bond acceptors (Lipinski definition) is 4. The number of hydrogen-bond donors (Lipinski definition) is 2. The number of anilines is 2. The van der Waals surface area contributed by atoms with E-state index in [2.05, 4.69) is 9.82 Å². The summed E-state index contributed by atoms with van der Waals surface area (Å²) in [7, 11) is -2.13. The van der Waals surface area contributed by atoms with Crippen LogP contribution in [0, 0.1) is 5.82 Å². The molecule has 0 aliphatic heterocycles. The zero-order valence-corrected chi connectivity index (χ0v) is 10.3. The number of nitrogens with two attached hydrogens (primary N) is 1. The molecule has 1 heterocycles. The van der Waals surface area contributed by atoms with Crippen LogP contribution >= 0.6 is 0 Å². The molecule has 8 heteroatoms. The molecule has 0 saturated heterocycles. The van der Waals surface area contributed by atoms with Crippen molar-refractivity contribution in [2.45, 2.75) is 4.90 Å². The Bertz CT molecular complexity index is 681. The molecule has 6 nitrogen and oxygen atoms in total. The van der Waals surface area contributed by atoms with Crippen molar-refractivity contribution < 1.29 is 12.8 Å². The van der Waals surface area contributed by atoms with Crippen molar-refractivity contribution in [3.8, 4) is 0 Å². The molecule has 0 amide bonds. The highest BCUT2D eigenvalue weighted by molar-refractivity contribution is 7.92. The van der Waals surface area contributed by atoms with Crippen LogP contribution < -0.4 is 10.5 Å². The Kier molecular flexibility index (Phi) is 2.95. The number of nitrogen functional groups attached to an aromatic ring is 1. The molecule has 2 rings (SSSR count). The first kappa shape index (κ1) is 12.4. The summed E-state index contributed by atoms with van der Waals surface area (Å²) in [5.74, 6) is -0.657. The maximum atomic E-state index is 13.0. The molecule has 0 radical (unpaired) electrons. The van der Waals surface area contributed by atoms with Gasteiger partial charge in [0.25, 0.3) is 10.0 Å². The molecule has 0 atom stereocenters. The largest absolute Gasteiger partial charge is 0.396 e. The fourth-order valence-corrected chi connectivity index (χ4v) is 2.44. The van der Waals surface area contributed by atoms with Crippen molar-refractivity contribution in [3.63, 3.8) is 0 Å². The summed E-state index contributed by atoms with van der Waals surface area (Å²) >= 11 is 0. The van der Waals surface area contributed by atoms with Crippen LogP contribution in [0.4, 0.5) is 15.8 Å². The number of aromatic nitrogens is 2. The van der Waals surface area contributed by atoms with E-state index in [0.29, 0.717) is 5.69 Å². The van der Waals surface area contributed by atoms with Gasteiger partial charge in [-0.15, -0.1) is 0 Å². The van der Waals surface area contributed by atoms with Gasteiger partial charge in [0.15, 0.2) is 0 Å². The molecule has 0 fully saturated rings. The van der Waals surface area contributed by atoms with Crippen molar-refractivity contribution in [1.29, 1.82) is 0 Å². The van der Waals surface area contributed by atoms with Gasteiger partial charge in [0.2, 0.25) is 0 Å². The number of nitrogens with one attached hydrogen (secondary N) is 1. The highest BCUT2D eigenvalue weighted by Gasteiger charge is 2.16. The fraction of sp³-hybridized carbons (Fsp3) is 0.100. The van der Waals surface area contributed by atoms with Crippen LogP contribution in [0.25, 0.3) is 0 Å². The molecule has 0 spiro atoms. The van der Waals surface area contributed by atoms with Gasteiger partial charge in [0.05, 0.1) is 22.5 Å². The maximum absolute atomic E-state index is 13.0. The number of aryl methyl sites for hydroxylation is 1. The zero-order chi connectivity index (χ0) is 13.3. The van der Waals surface area contributed by atoms with E-state index < -0.39 is 15.8 Å². The quantitative estimate of drug-likeness (QED) is 0.812. The second-order valence-corrected chi connectivity index (χ2v) is 5.37. The average Bonchev–Trinajstić information content (AvgIpc) is 2.67. The topological polar surface area (TPSA) is 90.0 Å². The van der Waals surface area contributed by atoms with Crippen LogP contribution in [0.15, 0.2) is 35.5 Å². The number of nitrogens with zero attached hydrogens (tertiary/aromatic N) is 2. The molecule has 3 N–H and O–H groups in total. The zero-order valence-electron chi connectivity index (χ0n) is 9.46. The highest BCUT2D eigenvalue weighted by atomic mass is 32.2. The van der Waals surface area contributed by atoms with Gasteiger partial charge in [-0.3, -0.25) is 9.40 Å². The summed E-state index contributed by atoms with van der Waals surface area (Å²) in [5.41, 5.74) is 5.43. The minimum absolute atomic E-state index is 0.106. The summed E-state index contributed by atoms with van der Waals surface area (Å²) < 4.78 is 40.6. The van der Waals surface area contributed by atoms with E-state index in [1.54, 1.807) is 7.05 Å². The lowest BCUT2D eigenvalue weighted by Crippen LogP contribution is -2.13. The van der Waals surface area contributed by atoms with Gasteiger partial charge in [0.1, 0.15) is 5.82 Å². The van der Waals surface area contributed by atoms with Crippen molar-refractivity contribution >= 4 is 21.4 Å². The van der Waals surface area contributed by atoms with Gasteiger partial charge in [-0.1, -0.05) is 0 Å². The van der Waals surface area contributed by atoms with E-state index in [-0.39, 0.29) is 10.6 Å². The van der Waals surface area contributed by atoms with Gasteiger partial charge >= 0.3 is 0 Å². The number of rotatable bonds is 3. The molecule has 0 bridgehead atoms. The van der Waals surface area contributed by atoms with E-state index in [1.807, 2.05) is 0 Å². The maximum Gasteiger partial charge on any atom is 0.262 e. The van der Waals surface area contributed by atoms with Crippen molar-refractivity contribution in [3.05, 3.63) is 36.4 Å². The Morgan fingerprint density at radius 1 is 1.44 bits per heavy atom. The Morgan fingerprint density at radius 3 is 2.72 bits per heavy atom. The number of halogens is 1. The van der Waals surface area contributed by atoms with Gasteiger partial charge in [0, 0.05) is 13.2 Å². The van der Waals surface area contributed by atoms with Crippen LogP contribution in [-0.2, 0) is 17.1 Å². The van der Waals surface area contributed by atoms with Gasteiger partial charge < -0.3 is 5.73 Å². The molecule has 0 unspecified atom stereocenters. The minimum Gasteiger partial charge on any atom is -0.396 e. The number of sulfonamides is 1. The molecule has 1 aromatic heterocycles. The summed E-state index contributed by atoms with van der Waals surface area (Å²) in [6, 6.07) is 3.21. The molecule has 1 aromatic carbocycles. The molecular formula is C10H11FN4O2S. The second-order valence-electron chi connectivity index (χ2n) is 3.69. The molecule has 96 valence electrons. The first-order valence-electron chi connectivity index (χ1n) is 4.95. The Hall–Kier alpha value is -2.09. The van der Waals surface area contributed by atoms with Crippen LogP contribution in [0.1, 0.15) is 0 Å². The van der Waals surface area contributed by atoms with E-state index in [1.165, 1.54) is 17.1 Å². The monoisotopic (exact) mass is 270 g/mol. The van der Waals surface area contributed by atoms with E-state index in [9.17, 15) is 12.8 Å². The van der Waals surface area contributed by atoms with Gasteiger partial charge in [-0.25, -0.2) is 12.8 Å². The predicted molar refractivity (Wildman–Crippen MR) is 64.8 cm³/mol. The summed E-state index contributed by atoms with van der Waals surface area (Å²) in [6.07, 6.45) is 2.87. The van der Waals surface area contributed by atoms with E-state index in [4.69, 9.17) is 5.73 Å². The smallest absolute Gasteiger partial charge is 0.262 e. The Labute approximate surface area is 103 Å². The lowest BCUT2D eigenvalue weighted by molar-refractivity contribution is 0.600. The molecule has 2 aromatic rings. The summed E-state index contributed by atoms with van der Waals surface area (Å²) in [4.78, 5) is -0.106. The first-order valence-corrected chi connectivity index (χ1v) is 6.43. The van der Waals surface area contributed by atoms with E-state index in [0.717, 1.165) is 18.2 Å². The Balaban J connectivity index is 2.33. The lowest BCUT2D eigenvalue weighted by atomic mass is 10.3.